The van der Waals surface area contributed by atoms with E-state index in [0.29, 0.717) is 31.0 Å². The van der Waals surface area contributed by atoms with Gasteiger partial charge in [0.05, 0.1) is 22.5 Å². The lowest BCUT2D eigenvalue weighted by atomic mass is 9.95. The first-order chi connectivity index (χ1) is 14.3. The van der Waals surface area contributed by atoms with E-state index in [0.717, 1.165) is 21.2 Å². The Hall–Kier alpha value is -1.87. The smallest absolute Gasteiger partial charge is 0.211 e. The summed E-state index contributed by atoms with van der Waals surface area (Å²) in [5.41, 5.74) is 1.71. The molecule has 1 aromatic heterocycles. The molecule has 0 radical (unpaired) electrons. The number of nitrogens with zero attached hydrogens (tertiary/aromatic N) is 3. The van der Waals surface area contributed by atoms with Gasteiger partial charge in [-0.05, 0) is 61.4 Å². The van der Waals surface area contributed by atoms with Gasteiger partial charge in [-0.2, -0.15) is 5.10 Å². The van der Waals surface area contributed by atoms with E-state index < -0.39 is 10.0 Å². The van der Waals surface area contributed by atoms with Crippen LogP contribution in [-0.2, 0) is 10.0 Å². The fraction of sp³-hybridized carbons (Fsp3) is 0.286. The molecule has 1 aliphatic rings. The minimum Gasteiger partial charge on any atom is -0.240 e. The zero-order valence-corrected chi connectivity index (χ0v) is 18.7. The SMILES string of the molecule is CS(=O)(=O)N1CCC(c2nn(-c3ccc(F)cc3)cc2Sc2ccc(Cl)cc2)CC1. The van der Waals surface area contributed by atoms with Gasteiger partial charge in [-0.3, -0.25) is 0 Å². The van der Waals surface area contributed by atoms with Crippen molar-refractivity contribution in [2.24, 2.45) is 0 Å². The molecule has 9 heteroatoms. The topological polar surface area (TPSA) is 55.2 Å². The molecule has 2 aromatic carbocycles. The van der Waals surface area contributed by atoms with Crippen LogP contribution in [0.4, 0.5) is 4.39 Å². The van der Waals surface area contributed by atoms with Crippen LogP contribution in [0.25, 0.3) is 5.69 Å². The van der Waals surface area contributed by atoms with Crippen molar-refractivity contribution in [3.63, 3.8) is 0 Å². The third kappa shape index (κ3) is 4.88. The van der Waals surface area contributed by atoms with Gasteiger partial charge in [0.1, 0.15) is 5.82 Å². The normalized spacial score (nSPS) is 16.1. The Labute approximate surface area is 184 Å². The van der Waals surface area contributed by atoms with E-state index in [-0.39, 0.29) is 11.7 Å². The molecule has 0 bridgehead atoms. The van der Waals surface area contributed by atoms with E-state index in [1.165, 1.54) is 22.7 Å². The average molecular weight is 466 g/mol. The quantitative estimate of drug-likeness (QED) is 0.534. The predicted octanol–water partition coefficient (Wildman–Crippen LogP) is 4.96. The molecule has 2 heterocycles. The van der Waals surface area contributed by atoms with Crippen LogP contribution in [0.15, 0.2) is 64.5 Å². The second kappa shape index (κ2) is 8.70. The lowest BCUT2D eigenvalue weighted by Crippen LogP contribution is -2.37. The maximum atomic E-state index is 13.3. The number of benzene rings is 2. The summed E-state index contributed by atoms with van der Waals surface area (Å²) in [6.45, 7) is 0.968. The number of rotatable bonds is 5. The summed E-state index contributed by atoms with van der Waals surface area (Å²) in [5.74, 6) is -0.144. The molecule has 158 valence electrons. The first kappa shape index (κ1) is 21.4. The molecule has 3 aromatic rings. The average Bonchev–Trinajstić information content (AvgIpc) is 3.13. The van der Waals surface area contributed by atoms with Crippen LogP contribution in [0.5, 0.6) is 0 Å². The summed E-state index contributed by atoms with van der Waals surface area (Å²) in [7, 11) is -3.18. The van der Waals surface area contributed by atoms with Crippen molar-refractivity contribution < 1.29 is 12.8 Å². The third-order valence-corrected chi connectivity index (χ3v) is 7.75. The summed E-state index contributed by atoms with van der Waals surface area (Å²) < 4.78 is 40.3. The lowest BCUT2D eigenvalue weighted by molar-refractivity contribution is 0.316. The highest BCUT2D eigenvalue weighted by Crippen LogP contribution is 2.38. The standard InChI is InChI=1S/C21H21ClFN3O2S2/c1-30(27,28)25-12-10-15(11-13-25)21-20(29-19-8-2-16(22)3-9-19)14-26(24-21)18-6-4-17(23)5-7-18/h2-9,14-15H,10-13H2,1H3. The molecule has 1 aliphatic heterocycles. The Morgan fingerprint density at radius 1 is 1.07 bits per heavy atom. The molecule has 30 heavy (non-hydrogen) atoms. The van der Waals surface area contributed by atoms with Crippen molar-refractivity contribution in [2.75, 3.05) is 19.3 Å². The molecule has 1 fully saturated rings. The summed E-state index contributed by atoms with van der Waals surface area (Å²) in [4.78, 5) is 2.03. The molecule has 4 rings (SSSR count). The zero-order chi connectivity index (χ0) is 21.3. The van der Waals surface area contributed by atoms with Gasteiger partial charge in [0.15, 0.2) is 0 Å². The van der Waals surface area contributed by atoms with Gasteiger partial charge in [0.2, 0.25) is 10.0 Å². The van der Waals surface area contributed by atoms with Crippen molar-refractivity contribution in [2.45, 2.75) is 28.6 Å². The highest BCUT2D eigenvalue weighted by Gasteiger charge is 2.29. The van der Waals surface area contributed by atoms with E-state index in [4.69, 9.17) is 16.7 Å². The first-order valence-corrected chi connectivity index (χ1v) is 12.6. The highest BCUT2D eigenvalue weighted by atomic mass is 35.5. The van der Waals surface area contributed by atoms with Crippen LogP contribution >= 0.6 is 23.4 Å². The fourth-order valence-corrected chi connectivity index (χ4v) is 5.54. The Morgan fingerprint density at radius 3 is 2.30 bits per heavy atom. The molecular weight excluding hydrogens is 445 g/mol. The molecule has 0 spiro atoms. The van der Waals surface area contributed by atoms with Crippen molar-refractivity contribution in [3.8, 4) is 5.69 Å². The van der Waals surface area contributed by atoms with Crippen LogP contribution < -0.4 is 0 Å². The maximum absolute atomic E-state index is 13.3. The van der Waals surface area contributed by atoms with E-state index in [2.05, 4.69) is 0 Å². The van der Waals surface area contributed by atoms with Crippen molar-refractivity contribution in [1.29, 1.82) is 0 Å². The Morgan fingerprint density at radius 2 is 1.70 bits per heavy atom. The molecule has 1 saturated heterocycles. The molecule has 0 amide bonds. The van der Waals surface area contributed by atoms with Gasteiger partial charge in [-0.25, -0.2) is 21.8 Å². The summed E-state index contributed by atoms with van der Waals surface area (Å²) in [6.07, 6.45) is 4.62. The van der Waals surface area contributed by atoms with Crippen molar-refractivity contribution >= 4 is 33.4 Å². The van der Waals surface area contributed by atoms with Crippen LogP contribution in [-0.4, -0.2) is 41.8 Å². The number of sulfonamides is 1. The van der Waals surface area contributed by atoms with Crippen LogP contribution in [0.1, 0.15) is 24.5 Å². The van der Waals surface area contributed by atoms with E-state index >= 15 is 0 Å². The second-order valence-corrected chi connectivity index (χ2v) is 10.8. The van der Waals surface area contributed by atoms with Crippen LogP contribution in [0.2, 0.25) is 5.02 Å². The van der Waals surface area contributed by atoms with Gasteiger partial charge in [0.25, 0.3) is 0 Å². The third-order valence-electron chi connectivity index (χ3n) is 5.15. The number of hydrogen-bond acceptors (Lipinski definition) is 4. The van der Waals surface area contributed by atoms with Crippen molar-refractivity contribution in [3.05, 3.63) is 71.3 Å². The molecule has 5 nitrogen and oxygen atoms in total. The predicted molar refractivity (Wildman–Crippen MR) is 117 cm³/mol. The minimum atomic E-state index is -3.18. The van der Waals surface area contributed by atoms with Gasteiger partial charge in [0, 0.05) is 35.1 Å². The van der Waals surface area contributed by atoms with Gasteiger partial charge >= 0.3 is 0 Å². The van der Waals surface area contributed by atoms with Gasteiger partial charge in [-0.15, -0.1) is 0 Å². The number of aromatic nitrogens is 2. The summed E-state index contributed by atoms with van der Waals surface area (Å²) in [6, 6.07) is 13.8. The molecule has 0 unspecified atom stereocenters. The molecule has 0 N–H and O–H groups in total. The summed E-state index contributed by atoms with van der Waals surface area (Å²) in [5, 5.41) is 5.49. The fourth-order valence-electron chi connectivity index (χ4n) is 3.55. The Balaban J connectivity index is 1.65. The van der Waals surface area contributed by atoms with Gasteiger partial charge in [-0.1, -0.05) is 23.4 Å². The highest BCUT2D eigenvalue weighted by molar-refractivity contribution is 7.99. The maximum Gasteiger partial charge on any atom is 0.211 e. The summed E-state index contributed by atoms with van der Waals surface area (Å²) >= 11 is 7.60. The van der Waals surface area contributed by atoms with E-state index in [1.807, 2.05) is 30.5 Å². The van der Waals surface area contributed by atoms with Crippen molar-refractivity contribution in [1.82, 2.24) is 14.1 Å². The van der Waals surface area contributed by atoms with Crippen LogP contribution in [0, 0.1) is 5.82 Å². The number of halogens is 2. The Kier molecular flexibility index (Phi) is 6.20. The molecule has 0 atom stereocenters. The van der Waals surface area contributed by atoms with Crippen LogP contribution in [0.3, 0.4) is 0 Å². The van der Waals surface area contributed by atoms with E-state index in [1.54, 1.807) is 28.6 Å². The van der Waals surface area contributed by atoms with E-state index in [9.17, 15) is 12.8 Å². The lowest BCUT2D eigenvalue weighted by Gasteiger charge is -2.29. The minimum absolute atomic E-state index is 0.152. The Bertz CT molecular complexity index is 1120. The second-order valence-electron chi connectivity index (χ2n) is 7.29. The zero-order valence-electron chi connectivity index (χ0n) is 16.3. The largest absolute Gasteiger partial charge is 0.240 e. The monoisotopic (exact) mass is 465 g/mol. The first-order valence-electron chi connectivity index (χ1n) is 9.53. The number of piperidine rings is 1. The molecular formula is C21H21ClFN3O2S2. The molecule has 0 aliphatic carbocycles. The number of hydrogen-bond donors (Lipinski definition) is 0. The van der Waals surface area contributed by atoms with Gasteiger partial charge < -0.3 is 0 Å². The molecule has 0 saturated carbocycles.